The third-order valence-corrected chi connectivity index (χ3v) is 2.38. The minimum Gasteiger partial charge on any atom is -0.504 e. The molecule has 0 spiro atoms. The van der Waals surface area contributed by atoms with Gasteiger partial charge in [-0.2, -0.15) is 0 Å². The second-order valence-electron chi connectivity index (χ2n) is 3.57. The van der Waals surface area contributed by atoms with Gasteiger partial charge in [-0.1, -0.05) is 12.1 Å². The molecule has 0 bridgehead atoms. The first-order valence-corrected chi connectivity index (χ1v) is 5.30. The van der Waals surface area contributed by atoms with Crippen molar-refractivity contribution in [2.75, 3.05) is 12.4 Å². The molecule has 0 amide bonds. The molecule has 2 rings (SSSR count). The van der Waals surface area contributed by atoms with Crippen LogP contribution in [-0.4, -0.2) is 17.2 Å². The molecule has 0 atom stereocenters. The number of pyridine rings is 1. The average Bonchev–Trinajstić information content (AvgIpc) is 2.38. The van der Waals surface area contributed by atoms with E-state index in [-0.39, 0.29) is 5.75 Å². The van der Waals surface area contributed by atoms with Gasteiger partial charge in [0.1, 0.15) is 5.82 Å². The van der Waals surface area contributed by atoms with Crippen molar-refractivity contribution in [3.8, 4) is 11.5 Å². The standard InChI is InChI=1S/C13H14N2O2/c1-17-12-6-5-10(8-11(12)16)9-15-13-4-2-3-7-14-13/h2-8,16H,9H2,1H3,(H,14,15). The van der Waals surface area contributed by atoms with Crippen LogP contribution < -0.4 is 10.1 Å². The monoisotopic (exact) mass is 230 g/mol. The van der Waals surface area contributed by atoms with Gasteiger partial charge in [-0.05, 0) is 29.8 Å². The van der Waals surface area contributed by atoms with Gasteiger partial charge >= 0.3 is 0 Å². The summed E-state index contributed by atoms with van der Waals surface area (Å²) in [5.41, 5.74) is 0.967. The first-order chi connectivity index (χ1) is 8.29. The predicted molar refractivity (Wildman–Crippen MR) is 66.2 cm³/mol. The highest BCUT2D eigenvalue weighted by molar-refractivity contribution is 5.43. The number of aromatic hydroxyl groups is 1. The van der Waals surface area contributed by atoms with Gasteiger partial charge in [-0.15, -0.1) is 0 Å². The van der Waals surface area contributed by atoms with Crippen molar-refractivity contribution in [2.45, 2.75) is 6.54 Å². The van der Waals surface area contributed by atoms with Crippen LogP contribution >= 0.6 is 0 Å². The van der Waals surface area contributed by atoms with Gasteiger partial charge in [-0.25, -0.2) is 4.98 Å². The number of rotatable bonds is 4. The van der Waals surface area contributed by atoms with Crippen LogP contribution in [0.2, 0.25) is 0 Å². The fourth-order valence-electron chi connectivity index (χ4n) is 1.51. The molecule has 1 aromatic heterocycles. The molecule has 0 fully saturated rings. The van der Waals surface area contributed by atoms with Crippen LogP contribution in [0.3, 0.4) is 0 Å². The van der Waals surface area contributed by atoms with Gasteiger partial charge in [0.15, 0.2) is 11.5 Å². The van der Waals surface area contributed by atoms with E-state index in [4.69, 9.17) is 4.74 Å². The van der Waals surface area contributed by atoms with Gasteiger partial charge in [0.25, 0.3) is 0 Å². The van der Waals surface area contributed by atoms with Crippen LogP contribution in [0.1, 0.15) is 5.56 Å². The number of nitrogens with one attached hydrogen (secondary N) is 1. The van der Waals surface area contributed by atoms with Crippen LogP contribution in [0.4, 0.5) is 5.82 Å². The number of aromatic nitrogens is 1. The first kappa shape index (κ1) is 11.3. The maximum atomic E-state index is 9.62. The Kier molecular flexibility index (Phi) is 3.45. The lowest BCUT2D eigenvalue weighted by atomic mass is 10.2. The van der Waals surface area contributed by atoms with Gasteiger partial charge < -0.3 is 15.2 Å². The van der Waals surface area contributed by atoms with Crippen LogP contribution in [0, 0.1) is 0 Å². The number of benzene rings is 1. The molecule has 4 heteroatoms. The normalized spacial score (nSPS) is 9.94. The van der Waals surface area contributed by atoms with Crippen molar-refractivity contribution in [3.63, 3.8) is 0 Å². The summed E-state index contributed by atoms with van der Waals surface area (Å²) in [7, 11) is 1.53. The highest BCUT2D eigenvalue weighted by atomic mass is 16.5. The fourth-order valence-corrected chi connectivity index (χ4v) is 1.51. The smallest absolute Gasteiger partial charge is 0.160 e. The van der Waals surface area contributed by atoms with Gasteiger partial charge in [0.05, 0.1) is 7.11 Å². The topological polar surface area (TPSA) is 54.4 Å². The number of anilines is 1. The number of hydrogen-bond acceptors (Lipinski definition) is 4. The Morgan fingerprint density at radius 3 is 2.82 bits per heavy atom. The summed E-state index contributed by atoms with van der Waals surface area (Å²) in [6.45, 7) is 0.606. The van der Waals surface area contributed by atoms with E-state index in [1.807, 2.05) is 24.3 Å². The van der Waals surface area contributed by atoms with E-state index in [2.05, 4.69) is 10.3 Å². The first-order valence-electron chi connectivity index (χ1n) is 5.30. The van der Waals surface area contributed by atoms with E-state index in [0.29, 0.717) is 12.3 Å². The molecule has 0 aliphatic heterocycles. The Bertz CT molecular complexity index is 486. The van der Waals surface area contributed by atoms with Crippen molar-refractivity contribution in [3.05, 3.63) is 48.2 Å². The Hall–Kier alpha value is -2.23. The summed E-state index contributed by atoms with van der Waals surface area (Å²) in [5.74, 6) is 1.43. The van der Waals surface area contributed by atoms with E-state index in [0.717, 1.165) is 11.4 Å². The Labute approximate surface area is 99.9 Å². The molecule has 0 aliphatic rings. The van der Waals surface area contributed by atoms with Gasteiger partial charge in [-0.3, -0.25) is 0 Å². The van der Waals surface area contributed by atoms with Crippen molar-refractivity contribution in [1.82, 2.24) is 4.98 Å². The van der Waals surface area contributed by atoms with E-state index < -0.39 is 0 Å². The van der Waals surface area contributed by atoms with Crippen LogP contribution in [-0.2, 0) is 6.54 Å². The number of hydrogen-bond donors (Lipinski definition) is 2. The van der Waals surface area contributed by atoms with Crippen molar-refractivity contribution >= 4 is 5.82 Å². The van der Waals surface area contributed by atoms with Crippen LogP contribution in [0.25, 0.3) is 0 Å². The minimum atomic E-state index is 0.146. The molecule has 1 aromatic carbocycles. The van der Waals surface area contributed by atoms with Crippen molar-refractivity contribution < 1.29 is 9.84 Å². The highest BCUT2D eigenvalue weighted by Crippen LogP contribution is 2.26. The third kappa shape index (κ3) is 2.87. The quantitative estimate of drug-likeness (QED) is 0.846. The molecule has 17 heavy (non-hydrogen) atoms. The van der Waals surface area contributed by atoms with E-state index in [9.17, 15) is 5.11 Å². The summed E-state index contributed by atoms with van der Waals surface area (Å²) in [6, 6.07) is 11.0. The zero-order valence-corrected chi connectivity index (χ0v) is 9.55. The molecule has 0 saturated carbocycles. The van der Waals surface area contributed by atoms with E-state index >= 15 is 0 Å². The Morgan fingerprint density at radius 2 is 2.18 bits per heavy atom. The molecule has 4 nitrogen and oxygen atoms in total. The average molecular weight is 230 g/mol. The molecule has 0 unspecified atom stereocenters. The molecule has 0 radical (unpaired) electrons. The maximum absolute atomic E-state index is 9.62. The van der Waals surface area contributed by atoms with Gasteiger partial charge in [0.2, 0.25) is 0 Å². The summed E-state index contributed by atoms with van der Waals surface area (Å²) >= 11 is 0. The summed E-state index contributed by atoms with van der Waals surface area (Å²) in [4.78, 5) is 4.15. The van der Waals surface area contributed by atoms with Crippen LogP contribution in [0.15, 0.2) is 42.6 Å². The third-order valence-electron chi connectivity index (χ3n) is 2.38. The fraction of sp³-hybridized carbons (Fsp3) is 0.154. The zero-order valence-electron chi connectivity index (χ0n) is 9.55. The second kappa shape index (κ2) is 5.21. The summed E-state index contributed by atoms with van der Waals surface area (Å²) in [5, 5.41) is 12.8. The molecule has 88 valence electrons. The second-order valence-corrected chi connectivity index (χ2v) is 3.57. The number of nitrogens with zero attached hydrogens (tertiary/aromatic N) is 1. The predicted octanol–water partition coefficient (Wildman–Crippen LogP) is 2.41. The molecule has 0 aliphatic carbocycles. The van der Waals surface area contributed by atoms with Crippen LogP contribution in [0.5, 0.6) is 11.5 Å². The molecule has 2 N–H and O–H groups in total. The molecule has 1 heterocycles. The van der Waals surface area contributed by atoms with Crippen molar-refractivity contribution in [1.29, 1.82) is 0 Å². The molecule has 2 aromatic rings. The summed E-state index contributed by atoms with van der Waals surface area (Å²) in [6.07, 6.45) is 1.73. The summed E-state index contributed by atoms with van der Waals surface area (Å²) < 4.78 is 4.98. The number of phenolic OH excluding ortho intramolecular Hbond substituents is 1. The maximum Gasteiger partial charge on any atom is 0.160 e. The Balaban J connectivity index is 2.02. The number of methoxy groups -OCH3 is 1. The lowest BCUT2D eigenvalue weighted by molar-refractivity contribution is 0.373. The number of ether oxygens (including phenoxy) is 1. The molecular weight excluding hydrogens is 216 g/mol. The van der Waals surface area contributed by atoms with E-state index in [1.54, 1.807) is 18.3 Å². The lowest BCUT2D eigenvalue weighted by Gasteiger charge is -2.08. The highest BCUT2D eigenvalue weighted by Gasteiger charge is 2.02. The minimum absolute atomic E-state index is 0.146. The molecular formula is C13H14N2O2. The largest absolute Gasteiger partial charge is 0.504 e. The number of phenols is 1. The van der Waals surface area contributed by atoms with E-state index in [1.165, 1.54) is 7.11 Å². The lowest BCUT2D eigenvalue weighted by Crippen LogP contribution is -2.00. The SMILES string of the molecule is COc1ccc(CNc2ccccn2)cc1O. The van der Waals surface area contributed by atoms with Crippen molar-refractivity contribution in [2.24, 2.45) is 0 Å². The van der Waals surface area contributed by atoms with Gasteiger partial charge in [0, 0.05) is 12.7 Å². The Morgan fingerprint density at radius 1 is 1.29 bits per heavy atom. The zero-order chi connectivity index (χ0) is 12.1. The molecule has 0 saturated heterocycles.